The molecule has 0 amide bonds. The molecule has 9 atom stereocenters. The molecule has 23 heavy (non-hydrogen) atoms. The van der Waals surface area contributed by atoms with Crippen LogP contribution in [0.25, 0.3) is 0 Å². The maximum absolute atomic E-state index is 10.2. The minimum Gasteiger partial charge on any atom is -0.394 e. The van der Waals surface area contributed by atoms with Crippen molar-refractivity contribution in [2.24, 2.45) is 0 Å². The predicted molar refractivity (Wildman–Crippen MR) is 72.3 cm³/mol. The van der Waals surface area contributed by atoms with Crippen molar-refractivity contribution in [3.05, 3.63) is 0 Å². The predicted octanol–water partition coefficient (Wildman–Crippen LogP) is -4.06. The standard InChI is InChI=1S/C13H24O10/c1-20-12-9(18)7(3-15)22-13(10(12)19)23-11-5(16)4-21-6(2-14)8(11)17/h5-19H,2-4H2,1H3/t5-,6?,7?,8-,9-,10+,11?,12?,13+/m1/s1. The summed E-state index contributed by atoms with van der Waals surface area (Å²) in [5, 5.41) is 58.5. The Hall–Kier alpha value is -0.400. The number of hydrogen-bond acceptors (Lipinski definition) is 10. The first-order valence-corrected chi connectivity index (χ1v) is 7.33. The van der Waals surface area contributed by atoms with E-state index in [0.29, 0.717) is 0 Å². The third-order valence-electron chi connectivity index (χ3n) is 4.14. The zero-order valence-corrected chi connectivity index (χ0v) is 12.6. The summed E-state index contributed by atoms with van der Waals surface area (Å²) in [6, 6.07) is 0. The Morgan fingerprint density at radius 1 is 0.913 bits per heavy atom. The fourth-order valence-corrected chi connectivity index (χ4v) is 2.79. The van der Waals surface area contributed by atoms with E-state index in [1.807, 2.05) is 0 Å². The minimum absolute atomic E-state index is 0.171. The van der Waals surface area contributed by atoms with E-state index < -0.39 is 68.3 Å². The van der Waals surface area contributed by atoms with Gasteiger partial charge in [0.2, 0.25) is 0 Å². The zero-order chi connectivity index (χ0) is 17.1. The van der Waals surface area contributed by atoms with Crippen molar-refractivity contribution in [3.63, 3.8) is 0 Å². The van der Waals surface area contributed by atoms with E-state index in [0.717, 1.165) is 0 Å². The van der Waals surface area contributed by atoms with Gasteiger partial charge in [-0.3, -0.25) is 0 Å². The van der Waals surface area contributed by atoms with Gasteiger partial charge < -0.3 is 49.6 Å². The van der Waals surface area contributed by atoms with Crippen molar-refractivity contribution in [3.8, 4) is 0 Å². The molecule has 4 unspecified atom stereocenters. The zero-order valence-electron chi connectivity index (χ0n) is 12.6. The normalized spacial score (nSPS) is 48.4. The summed E-state index contributed by atoms with van der Waals surface area (Å²) in [4.78, 5) is 0. The Kier molecular flexibility index (Phi) is 6.68. The third kappa shape index (κ3) is 3.82. The van der Waals surface area contributed by atoms with Crippen molar-refractivity contribution in [2.45, 2.75) is 55.1 Å². The first-order valence-electron chi connectivity index (χ1n) is 7.33. The molecule has 0 aromatic carbocycles. The van der Waals surface area contributed by atoms with Crippen LogP contribution in [0.3, 0.4) is 0 Å². The van der Waals surface area contributed by atoms with E-state index in [4.69, 9.17) is 24.1 Å². The van der Waals surface area contributed by atoms with Crippen LogP contribution in [0.2, 0.25) is 0 Å². The topological polar surface area (TPSA) is 158 Å². The van der Waals surface area contributed by atoms with Gasteiger partial charge in [0, 0.05) is 7.11 Å². The quantitative estimate of drug-likeness (QED) is 0.291. The summed E-state index contributed by atoms with van der Waals surface area (Å²) in [5.41, 5.74) is 0. The molecule has 0 radical (unpaired) electrons. The molecule has 0 aromatic heterocycles. The monoisotopic (exact) mass is 340 g/mol. The summed E-state index contributed by atoms with van der Waals surface area (Å²) < 4.78 is 20.8. The van der Waals surface area contributed by atoms with Gasteiger partial charge in [0.05, 0.1) is 19.8 Å². The maximum atomic E-state index is 10.2. The van der Waals surface area contributed by atoms with Crippen LogP contribution >= 0.6 is 0 Å². The van der Waals surface area contributed by atoms with Gasteiger partial charge in [-0.15, -0.1) is 0 Å². The first-order chi connectivity index (χ1) is 10.9. The Morgan fingerprint density at radius 3 is 2.09 bits per heavy atom. The lowest BCUT2D eigenvalue weighted by Crippen LogP contribution is -2.63. The van der Waals surface area contributed by atoms with E-state index in [-0.39, 0.29) is 6.61 Å². The van der Waals surface area contributed by atoms with Crippen molar-refractivity contribution < 1.29 is 49.6 Å². The molecule has 2 saturated heterocycles. The van der Waals surface area contributed by atoms with Crippen molar-refractivity contribution in [1.29, 1.82) is 0 Å². The molecule has 2 heterocycles. The molecule has 10 heteroatoms. The Morgan fingerprint density at radius 2 is 1.52 bits per heavy atom. The molecule has 2 aliphatic heterocycles. The molecule has 10 nitrogen and oxygen atoms in total. The van der Waals surface area contributed by atoms with Crippen LogP contribution < -0.4 is 0 Å². The second-order valence-electron chi connectivity index (χ2n) is 5.62. The highest BCUT2D eigenvalue weighted by Gasteiger charge is 2.48. The fourth-order valence-electron chi connectivity index (χ4n) is 2.79. The average Bonchev–Trinajstić information content (AvgIpc) is 2.54. The van der Waals surface area contributed by atoms with Crippen LogP contribution in [0, 0.1) is 0 Å². The van der Waals surface area contributed by atoms with Crippen LogP contribution in [0.5, 0.6) is 0 Å². The number of ether oxygens (including phenoxy) is 4. The molecule has 0 aliphatic carbocycles. The van der Waals surface area contributed by atoms with Crippen molar-refractivity contribution in [2.75, 3.05) is 26.9 Å². The third-order valence-corrected chi connectivity index (χ3v) is 4.14. The summed E-state index contributed by atoms with van der Waals surface area (Å²) >= 11 is 0. The molecule has 0 saturated carbocycles. The van der Waals surface area contributed by atoms with Crippen molar-refractivity contribution >= 4 is 0 Å². The average molecular weight is 340 g/mol. The minimum atomic E-state index is -1.41. The molecular weight excluding hydrogens is 316 g/mol. The van der Waals surface area contributed by atoms with Crippen LogP contribution in [0.1, 0.15) is 0 Å². The van der Waals surface area contributed by atoms with Crippen LogP contribution in [0.15, 0.2) is 0 Å². The van der Waals surface area contributed by atoms with Gasteiger partial charge in [0.1, 0.15) is 48.8 Å². The van der Waals surface area contributed by atoms with Gasteiger partial charge >= 0.3 is 0 Å². The Labute approximate surface area is 132 Å². The highest BCUT2D eigenvalue weighted by molar-refractivity contribution is 4.93. The molecule has 6 N–H and O–H groups in total. The lowest BCUT2D eigenvalue weighted by Gasteiger charge is -2.44. The van der Waals surface area contributed by atoms with E-state index >= 15 is 0 Å². The van der Waals surface area contributed by atoms with Gasteiger partial charge in [0.15, 0.2) is 6.29 Å². The smallest absolute Gasteiger partial charge is 0.187 e. The second-order valence-corrected chi connectivity index (χ2v) is 5.62. The van der Waals surface area contributed by atoms with E-state index in [2.05, 4.69) is 0 Å². The number of methoxy groups -OCH3 is 1. The highest BCUT2D eigenvalue weighted by Crippen LogP contribution is 2.27. The second kappa shape index (κ2) is 8.12. The number of aliphatic hydroxyl groups is 6. The van der Waals surface area contributed by atoms with Gasteiger partial charge in [-0.1, -0.05) is 0 Å². The SMILES string of the molecule is COC1[C@H](O)C(CO)O[C@@H](OC2[C@H](O)C(CO)OC[C@H]2O)[C@H]1O. The molecule has 2 aliphatic rings. The van der Waals surface area contributed by atoms with Crippen LogP contribution in [0.4, 0.5) is 0 Å². The Bertz CT molecular complexity index is 369. The lowest BCUT2D eigenvalue weighted by atomic mass is 9.97. The first kappa shape index (κ1) is 18.9. The molecule has 2 fully saturated rings. The largest absolute Gasteiger partial charge is 0.394 e. The summed E-state index contributed by atoms with van der Waals surface area (Å²) in [6.45, 7) is -1.18. The van der Waals surface area contributed by atoms with E-state index in [1.54, 1.807) is 0 Å². The number of hydrogen-bond donors (Lipinski definition) is 6. The molecule has 0 aromatic rings. The van der Waals surface area contributed by atoms with E-state index in [1.165, 1.54) is 7.11 Å². The maximum Gasteiger partial charge on any atom is 0.187 e. The van der Waals surface area contributed by atoms with Gasteiger partial charge in [-0.05, 0) is 0 Å². The highest BCUT2D eigenvalue weighted by atomic mass is 16.7. The molecule has 0 spiro atoms. The number of aliphatic hydroxyl groups excluding tert-OH is 6. The van der Waals surface area contributed by atoms with Gasteiger partial charge in [-0.2, -0.15) is 0 Å². The molecule has 2 rings (SSSR count). The summed E-state index contributed by atoms with van der Waals surface area (Å²) in [5.74, 6) is 0. The molecule has 0 bridgehead atoms. The summed E-state index contributed by atoms with van der Waals surface area (Å²) in [6.07, 6.45) is -10.8. The van der Waals surface area contributed by atoms with Crippen LogP contribution in [-0.2, 0) is 18.9 Å². The lowest BCUT2D eigenvalue weighted by molar-refractivity contribution is -0.337. The summed E-state index contributed by atoms with van der Waals surface area (Å²) in [7, 11) is 1.27. The fraction of sp³-hybridized carbons (Fsp3) is 1.00. The molecular formula is C13H24O10. The van der Waals surface area contributed by atoms with Gasteiger partial charge in [-0.25, -0.2) is 0 Å². The van der Waals surface area contributed by atoms with Crippen LogP contribution in [-0.4, -0.2) is 113 Å². The Balaban J connectivity index is 2.10. The van der Waals surface area contributed by atoms with Gasteiger partial charge in [0.25, 0.3) is 0 Å². The number of rotatable bonds is 5. The van der Waals surface area contributed by atoms with E-state index in [9.17, 15) is 25.5 Å². The van der Waals surface area contributed by atoms with Crippen molar-refractivity contribution in [1.82, 2.24) is 0 Å². The molecule has 136 valence electrons.